The largest absolute Gasteiger partial charge is 0.508 e. The Hall–Kier alpha value is -3.13. The highest BCUT2D eigenvalue weighted by Gasteiger charge is 2.15. The van der Waals surface area contributed by atoms with Crippen LogP contribution in [0.25, 0.3) is 0 Å². The van der Waals surface area contributed by atoms with Crippen LogP contribution in [0.2, 0.25) is 0 Å². The number of phenolic OH excluding ortho intramolecular Hbond substituents is 1. The molecule has 0 atom stereocenters. The Morgan fingerprint density at radius 1 is 1.23 bits per heavy atom. The van der Waals surface area contributed by atoms with Crippen LogP contribution in [0.15, 0.2) is 36.7 Å². The van der Waals surface area contributed by atoms with Crippen LogP contribution in [0.4, 0.5) is 16.6 Å². The number of ether oxygens (including phenoxy) is 1. The van der Waals surface area contributed by atoms with Crippen LogP contribution in [-0.4, -0.2) is 28.1 Å². The van der Waals surface area contributed by atoms with E-state index in [-0.39, 0.29) is 11.7 Å². The first kappa shape index (κ1) is 17.7. The van der Waals surface area contributed by atoms with Crippen LogP contribution in [0, 0.1) is 13.8 Å². The lowest BCUT2D eigenvalue weighted by molar-refractivity contribution is 0.103. The van der Waals surface area contributed by atoms with Crippen LogP contribution in [0.1, 0.15) is 20.8 Å². The number of rotatable bonds is 5. The minimum Gasteiger partial charge on any atom is -0.508 e. The minimum absolute atomic E-state index is 0.140. The second-order valence-corrected chi connectivity index (χ2v) is 6.62. The summed E-state index contributed by atoms with van der Waals surface area (Å²) in [5.74, 6) is 1.10. The first-order valence-corrected chi connectivity index (χ1v) is 8.63. The Balaban J connectivity index is 1.75. The number of hydrogen-bond donors (Lipinski definition) is 3. The van der Waals surface area contributed by atoms with Crippen LogP contribution < -0.4 is 15.4 Å². The third-order valence-electron chi connectivity index (χ3n) is 3.81. The second-order valence-electron chi connectivity index (χ2n) is 5.59. The lowest BCUT2D eigenvalue weighted by Gasteiger charge is -2.11. The summed E-state index contributed by atoms with van der Waals surface area (Å²) in [5.41, 5.74) is 2.10. The maximum Gasteiger partial charge on any atom is 0.267 e. The molecule has 8 heteroatoms. The number of aryl methyl sites for hydroxylation is 1. The predicted molar refractivity (Wildman–Crippen MR) is 102 cm³/mol. The first-order valence-electron chi connectivity index (χ1n) is 7.81. The summed E-state index contributed by atoms with van der Waals surface area (Å²) in [5, 5.41) is 16.3. The Labute approximate surface area is 154 Å². The van der Waals surface area contributed by atoms with E-state index in [1.54, 1.807) is 44.5 Å². The molecule has 2 heterocycles. The van der Waals surface area contributed by atoms with Gasteiger partial charge in [0.1, 0.15) is 22.2 Å². The van der Waals surface area contributed by atoms with Gasteiger partial charge in [0.25, 0.3) is 5.91 Å². The van der Waals surface area contributed by atoms with Gasteiger partial charge in [0, 0.05) is 17.8 Å². The van der Waals surface area contributed by atoms with Crippen LogP contribution >= 0.6 is 11.3 Å². The van der Waals surface area contributed by atoms with Crippen molar-refractivity contribution in [2.24, 2.45) is 0 Å². The maximum atomic E-state index is 12.5. The van der Waals surface area contributed by atoms with Gasteiger partial charge in [-0.2, -0.15) is 0 Å². The summed E-state index contributed by atoms with van der Waals surface area (Å²) in [6, 6.07) is 6.84. The van der Waals surface area contributed by atoms with Crippen molar-refractivity contribution < 1.29 is 14.6 Å². The van der Waals surface area contributed by atoms with Gasteiger partial charge in [0.15, 0.2) is 5.13 Å². The van der Waals surface area contributed by atoms with Gasteiger partial charge in [-0.1, -0.05) is 17.4 Å². The van der Waals surface area contributed by atoms with Gasteiger partial charge in [-0.25, -0.2) is 9.97 Å². The number of carbonyl (C=O) groups excluding carboxylic acids is 1. The molecule has 0 unspecified atom stereocenters. The molecule has 7 nitrogen and oxygen atoms in total. The van der Waals surface area contributed by atoms with Gasteiger partial charge in [-0.3, -0.25) is 4.79 Å². The van der Waals surface area contributed by atoms with E-state index in [2.05, 4.69) is 20.6 Å². The third-order valence-corrected chi connectivity index (χ3v) is 4.73. The number of thiazole rings is 1. The molecule has 0 aliphatic heterocycles. The first-order chi connectivity index (χ1) is 12.5. The van der Waals surface area contributed by atoms with Crippen molar-refractivity contribution in [2.75, 3.05) is 17.7 Å². The molecule has 0 bridgehead atoms. The summed E-state index contributed by atoms with van der Waals surface area (Å²) < 4.78 is 5.15. The zero-order valence-corrected chi connectivity index (χ0v) is 15.3. The number of amides is 1. The van der Waals surface area contributed by atoms with Crippen molar-refractivity contribution in [1.29, 1.82) is 0 Å². The SMILES string of the molecule is COc1ccnc(Nc2ncc(C(=O)Nc3c(C)ccc(O)c3C)s2)c1. The minimum atomic E-state index is -0.286. The maximum absolute atomic E-state index is 12.5. The molecular formula is C18H18N4O3S. The van der Waals surface area contributed by atoms with Gasteiger partial charge >= 0.3 is 0 Å². The van der Waals surface area contributed by atoms with E-state index in [4.69, 9.17) is 4.74 Å². The number of nitrogens with one attached hydrogen (secondary N) is 2. The Morgan fingerprint density at radius 3 is 2.81 bits per heavy atom. The standard InChI is InChI=1S/C18H18N4O3S/c1-10-4-5-13(23)11(2)16(10)22-17(24)14-9-20-18(26-14)21-15-8-12(25-3)6-7-19-15/h4-9,23H,1-3H3,(H,22,24)(H,19,20,21). The molecule has 0 aliphatic carbocycles. The average molecular weight is 370 g/mol. The monoisotopic (exact) mass is 370 g/mol. The van der Waals surface area contributed by atoms with Crippen LogP contribution in [-0.2, 0) is 0 Å². The summed E-state index contributed by atoms with van der Waals surface area (Å²) >= 11 is 1.21. The number of hydrogen-bond acceptors (Lipinski definition) is 7. The third kappa shape index (κ3) is 3.75. The van der Waals surface area contributed by atoms with E-state index in [9.17, 15) is 9.90 Å². The highest BCUT2D eigenvalue weighted by atomic mass is 32.1. The Bertz CT molecular complexity index is 955. The van der Waals surface area contributed by atoms with Crippen molar-refractivity contribution in [2.45, 2.75) is 13.8 Å². The Morgan fingerprint density at radius 2 is 2.04 bits per heavy atom. The smallest absolute Gasteiger partial charge is 0.267 e. The highest BCUT2D eigenvalue weighted by Crippen LogP contribution is 2.29. The number of methoxy groups -OCH3 is 1. The fraction of sp³-hybridized carbons (Fsp3) is 0.167. The lowest BCUT2D eigenvalue weighted by Crippen LogP contribution is -2.12. The summed E-state index contributed by atoms with van der Waals surface area (Å²) in [7, 11) is 1.58. The van der Waals surface area contributed by atoms with Crippen molar-refractivity contribution in [3.8, 4) is 11.5 Å². The van der Waals surface area contributed by atoms with Gasteiger partial charge in [-0.05, 0) is 31.5 Å². The molecule has 0 fully saturated rings. The highest BCUT2D eigenvalue weighted by molar-refractivity contribution is 7.17. The van der Waals surface area contributed by atoms with E-state index in [1.165, 1.54) is 17.5 Å². The van der Waals surface area contributed by atoms with E-state index in [1.807, 2.05) is 6.92 Å². The second kappa shape index (κ2) is 7.40. The van der Waals surface area contributed by atoms with E-state index >= 15 is 0 Å². The molecule has 0 saturated heterocycles. The molecule has 3 aromatic rings. The van der Waals surface area contributed by atoms with Gasteiger partial charge < -0.3 is 20.5 Å². The normalized spacial score (nSPS) is 10.4. The number of phenols is 1. The van der Waals surface area contributed by atoms with Crippen molar-refractivity contribution in [3.05, 3.63) is 52.7 Å². The summed E-state index contributed by atoms with van der Waals surface area (Å²) in [6.07, 6.45) is 3.12. The van der Waals surface area contributed by atoms with Crippen LogP contribution in [0.5, 0.6) is 11.5 Å². The lowest BCUT2D eigenvalue weighted by atomic mass is 10.1. The fourth-order valence-electron chi connectivity index (χ4n) is 2.36. The number of aromatic nitrogens is 2. The fourth-order valence-corrected chi connectivity index (χ4v) is 3.07. The summed E-state index contributed by atoms with van der Waals surface area (Å²) in [6.45, 7) is 3.63. The summed E-state index contributed by atoms with van der Waals surface area (Å²) in [4.78, 5) is 21.3. The molecule has 2 aromatic heterocycles. The predicted octanol–water partition coefficient (Wildman–Crippen LogP) is 3.87. The number of nitrogens with zero attached hydrogens (tertiary/aromatic N) is 2. The molecule has 0 spiro atoms. The number of aromatic hydroxyl groups is 1. The number of carbonyl (C=O) groups is 1. The molecule has 134 valence electrons. The van der Waals surface area contributed by atoms with Gasteiger partial charge in [-0.15, -0.1) is 0 Å². The molecule has 1 aromatic carbocycles. The topological polar surface area (TPSA) is 96.4 Å². The van der Waals surface area contributed by atoms with Crippen molar-refractivity contribution in [1.82, 2.24) is 9.97 Å². The number of benzene rings is 1. The van der Waals surface area contributed by atoms with E-state index in [0.29, 0.717) is 32.8 Å². The van der Waals surface area contributed by atoms with Gasteiger partial charge in [0.05, 0.1) is 19.0 Å². The molecule has 26 heavy (non-hydrogen) atoms. The molecule has 0 radical (unpaired) electrons. The average Bonchev–Trinajstić information content (AvgIpc) is 3.10. The molecule has 0 saturated carbocycles. The zero-order chi connectivity index (χ0) is 18.7. The van der Waals surface area contributed by atoms with Crippen molar-refractivity contribution in [3.63, 3.8) is 0 Å². The van der Waals surface area contributed by atoms with Gasteiger partial charge in [0.2, 0.25) is 0 Å². The quantitative estimate of drug-likeness (QED) is 0.631. The molecule has 0 aliphatic rings. The number of pyridine rings is 1. The number of anilines is 3. The molecular weight excluding hydrogens is 352 g/mol. The molecule has 3 rings (SSSR count). The van der Waals surface area contributed by atoms with E-state index < -0.39 is 0 Å². The van der Waals surface area contributed by atoms with E-state index in [0.717, 1.165) is 5.56 Å². The van der Waals surface area contributed by atoms with Crippen molar-refractivity contribution >= 4 is 33.9 Å². The van der Waals surface area contributed by atoms with Crippen LogP contribution in [0.3, 0.4) is 0 Å². The molecule has 3 N–H and O–H groups in total. The zero-order valence-electron chi connectivity index (χ0n) is 14.5. The Kier molecular flexibility index (Phi) is 5.04. The molecule has 1 amide bonds.